The third-order valence-electron chi connectivity index (χ3n) is 8.11. The van der Waals surface area contributed by atoms with E-state index in [0.29, 0.717) is 41.9 Å². The van der Waals surface area contributed by atoms with Gasteiger partial charge in [-0.05, 0) is 54.2 Å². The highest BCUT2D eigenvalue weighted by molar-refractivity contribution is 6.21. The zero-order chi connectivity index (χ0) is 30.5. The molecule has 0 unspecified atom stereocenters. The Balaban J connectivity index is 1.27. The van der Waals surface area contributed by atoms with Gasteiger partial charge in [0.1, 0.15) is 19.0 Å². The number of fused-ring (bicyclic) bond motifs is 1. The van der Waals surface area contributed by atoms with Crippen molar-refractivity contribution in [3.05, 3.63) is 101 Å². The molecular weight excluding hydrogens is 548 g/mol. The minimum absolute atomic E-state index is 0.0249. The molecule has 5 rings (SSSR count). The van der Waals surface area contributed by atoms with Crippen LogP contribution in [-0.4, -0.2) is 57.9 Å². The van der Waals surface area contributed by atoms with Gasteiger partial charge in [-0.15, -0.1) is 0 Å². The van der Waals surface area contributed by atoms with Gasteiger partial charge in [0.15, 0.2) is 0 Å². The Hall–Kier alpha value is -4.50. The lowest BCUT2D eigenvalue weighted by atomic mass is 9.89. The van der Waals surface area contributed by atoms with Crippen LogP contribution in [0.2, 0.25) is 0 Å². The molecular formula is C34H36N2O7. The second-order valence-electron chi connectivity index (χ2n) is 11.3. The summed E-state index contributed by atoms with van der Waals surface area (Å²) in [6, 6.07) is 23.0. The number of imide groups is 2. The zero-order valence-electron chi connectivity index (χ0n) is 24.3. The van der Waals surface area contributed by atoms with Gasteiger partial charge >= 0.3 is 6.09 Å². The van der Waals surface area contributed by atoms with Crippen LogP contribution in [0.15, 0.2) is 78.9 Å². The maximum Gasteiger partial charge on any atom is 0.416 e. The van der Waals surface area contributed by atoms with Gasteiger partial charge in [0.05, 0.1) is 29.2 Å². The van der Waals surface area contributed by atoms with E-state index in [9.17, 15) is 24.3 Å². The Morgan fingerprint density at radius 2 is 1.53 bits per heavy atom. The first kappa shape index (κ1) is 30.0. The molecule has 0 radical (unpaired) electrons. The van der Waals surface area contributed by atoms with Crippen LogP contribution in [0.4, 0.5) is 4.79 Å². The number of cyclic esters (lactones) is 1. The fourth-order valence-electron chi connectivity index (χ4n) is 5.59. The van der Waals surface area contributed by atoms with Gasteiger partial charge in [-0.2, -0.15) is 0 Å². The summed E-state index contributed by atoms with van der Waals surface area (Å²) >= 11 is 0. The maximum atomic E-state index is 13.8. The fraction of sp³-hybridized carbons (Fsp3) is 0.353. The topological polar surface area (TPSA) is 113 Å². The summed E-state index contributed by atoms with van der Waals surface area (Å²) < 4.78 is 11.1. The lowest BCUT2D eigenvalue weighted by Crippen LogP contribution is -2.46. The van der Waals surface area contributed by atoms with E-state index in [1.54, 1.807) is 48.5 Å². The summed E-state index contributed by atoms with van der Waals surface area (Å²) in [7, 11) is 0. The minimum Gasteiger partial charge on any atom is -0.489 e. The number of aliphatic hydroxyl groups excluding tert-OH is 1. The Bertz CT molecular complexity index is 1440. The standard InChI is InChI=1S/C34H36N2O7/c1-22(2)29-21-43-34(41)36(29)33(40)28(14-8-9-19-35-31(38)26-12-6-7-13-27(26)32(35)39)30(37)24-15-17-25(18-16-24)42-20-23-10-4-3-5-11-23/h3-7,10-13,15-18,22,28-30,37H,8-9,14,19-21H2,1-2H3/t28-,29-,30+/m0/s1. The summed E-state index contributed by atoms with van der Waals surface area (Å²) in [5.41, 5.74) is 2.31. The first-order chi connectivity index (χ1) is 20.8. The van der Waals surface area contributed by atoms with Crippen LogP contribution in [0.1, 0.15) is 71.1 Å². The molecule has 3 aromatic carbocycles. The summed E-state index contributed by atoms with van der Waals surface area (Å²) in [5, 5.41) is 11.5. The molecule has 1 N–H and O–H groups in total. The van der Waals surface area contributed by atoms with Crippen molar-refractivity contribution in [2.75, 3.05) is 13.2 Å². The summed E-state index contributed by atoms with van der Waals surface area (Å²) in [4.78, 5) is 54.3. The van der Waals surface area contributed by atoms with E-state index in [4.69, 9.17) is 9.47 Å². The van der Waals surface area contributed by atoms with E-state index in [-0.39, 0.29) is 37.3 Å². The van der Waals surface area contributed by atoms with Gasteiger partial charge in [-0.3, -0.25) is 19.3 Å². The van der Waals surface area contributed by atoms with Crippen molar-refractivity contribution < 1.29 is 33.8 Å². The van der Waals surface area contributed by atoms with Crippen LogP contribution >= 0.6 is 0 Å². The van der Waals surface area contributed by atoms with Crippen molar-refractivity contribution in [1.82, 2.24) is 9.80 Å². The molecule has 3 atom stereocenters. The number of amides is 4. The molecule has 2 aliphatic heterocycles. The van der Waals surface area contributed by atoms with Crippen molar-refractivity contribution in [3.8, 4) is 5.75 Å². The van der Waals surface area contributed by atoms with Crippen molar-refractivity contribution in [3.63, 3.8) is 0 Å². The predicted octanol–water partition coefficient (Wildman–Crippen LogP) is 5.39. The van der Waals surface area contributed by atoms with E-state index < -0.39 is 30.1 Å². The second-order valence-corrected chi connectivity index (χ2v) is 11.3. The number of hydrogen-bond donors (Lipinski definition) is 1. The second kappa shape index (κ2) is 13.2. The number of hydrogen-bond acceptors (Lipinski definition) is 7. The Labute approximate surface area is 251 Å². The number of unbranched alkanes of at least 4 members (excludes halogenated alkanes) is 1. The monoisotopic (exact) mass is 584 g/mol. The lowest BCUT2D eigenvalue weighted by Gasteiger charge is -2.29. The van der Waals surface area contributed by atoms with E-state index in [2.05, 4.69) is 0 Å². The van der Waals surface area contributed by atoms with Gasteiger partial charge < -0.3 is 14.6 Å². The number of rotatable bonds is 12. The SMILES string of the molecule is CC(C)[C@@H]1COC(=O)N1C(=O)[C@@H](CCCCN1C(=O)c2ccccc2C1=O)[C@H](O)c1ccc(OCc2ccccc2)cc1. The third kappa shape index (κ3) is 6.46. The van der Waals surface area contributed by atoms with E-state index in [0.717, 1.165) is 10.5 Å². The molecule has 0 bridgehead atoms. The highest BCUT2D eigenvalue weighted by Crippen LogP contribution is 2.33. The van der Waals surface area contributed by atoms with E-state index >= 15 is 0 Å². The summed E-state index contributed by atoms with van der Waals surface area (Å²) in [6.45, 7) is 4.52. The molecule has 2 heterocycles. The zero-order valence-corrected chi connectivity index (χ0v) is 24.3. The molecule has 0 saturated carbocycles. The number of nitrogens with zero attached hydrogens (tertiary/aromatic N) is 2. The van der Waals surface area contributed by atoms with Crippen LogP contribution < -0.4 is 4.74 Å². The van der Waals surface area contributed by atoms with Crippen molar-refractivity contribution >= 4 is 23.8 Å². The average molecular weight is 585 g/mol. The van der Waals surface area contributed by atoms with Gasteiger partial charge in [0, 0.05) is 6.54 Å². The molecule has 0 aliphatic carbocycles. The van der Waals surface area contributed by atoms with Gasteiger partial charge in [0.2, 0.25) is 5.91 Å². The molecule has 9 heteroatoms. The molecule has 2 aliphatic rings. The molecule has 4 amide bonds. The lowest BCUT2D eigenvalue weighted by molar-refractivity contribution is -0.138. The quantitative estimate of drug-likeness (QED) is 0.224. The van der Waals surface area contributed by atoms with Gasteiger partial charge in [0.25, 0.3) is 11.8 Å². The van der Waals surface area contributed by atoms with Gasteiger partial charge in [-0.1, -0.05) is 74.9 Å². The Kier molecular flexibility index (Phi) is 9.21. The number of aliphatic hydroxyl groups is 1. The average Bonchev–Trinajstić information content (AvgIpc) is 3.53. The van der Waals surface area contributed by atoms with Crippen LogP contribution in [0.3, 0.4) is 0 Å². The van der Waals surface area contributed by atoms with Crippen LogP contribution in [0.5, 0.6) is 5.75 Å². The predicted molar refractivity (Wildman–Crippen MR) is 158 cm³/mol. The van der Waals surface area contributed by atoms with Crippen LogP contribution in [-0.2, 0) is 16.1 Å². The van der Waals surface area contributed by atoms with E-state index in [1.165, 1.54) is 4.90 Å². The number of carbonyl (C=O) groups is 4. The molecule has 43 heavy (non-hydrogen) atoms. The highest BCUT2D eigenvalue weighted by Gasteiger charge is 2.44. The van der Waals surface area contributed by atoms with Gasteiger partial charge in [-0.25, -0.2) is 9.69 Å². The highest BCUT2D eigenvalue weighted by atomic mass is 16.6. The third-order valence-corrected chi connectivity index (χ3v) is 8.11. The summed E-state index contributed by atoms with van der Waals surface area (Å²) in [5.74, 6) is -1.51. The normalized spacial score (nSPS) is 17.7. The minimum atomic E-state index is -1.20. The largest absolute Gasteiger partial charge is 0.489 e. The molecule has 3 aromatic rings. The first-order valence-corrected chi connectivity index (χ1v) is 14.7. The van der Waals surface area contributed by atoms with Crippen molar-refractivity contribution in [2.24, 2.45) is 11.8 Å². The van der Waals surface area contributed by atoms with Crippen molar-refractivity contribution in [2.45, 2.75) is 51.9 Å². The molecule has 9 nitrogen and oxygen atoms in total. The summed E-state index contributed by atoms with van der Waals surface area (Å²) in [6.07, 6.45) is -0.794. The Morgan fingerprint density at radius 1 is 0.907 bits per heavy atom. The van der Waals surface area contributed by atoms with Crippen LogP contribution in [0.25, 0.3) is 0 Å². The maximum absolute atomic E-state index is 13.8. The molecule has 0 spiro atoms. The number of benzene rings is 3. The van der Waals surface area contributed by atoms with E-state index in [1.807, 2.05) is 44.2 Å². The molecule has 1 saturated heterocycles. The Morgan fingerprint density at radius 3 is 2.16 bits per heavy atom. The smallest absolute Gasteiger partial charge is 0.416 e. The molecule has 0 aromatic heterocycles. The number of ether oxygens (including phenoxy) is 2. The van der Waals surface area contributed by atoms with Crippen molar-refractivity contribution in [1.29, 1.82) is 0 Å². The molecule has 1 fully saturated rings. The number of carbonyl (C=O) groups excluding carboxylic acids is 4. The van der Waals surface area contributed by atoms with Crippen LogP contribution in [0, 0.1) is 11.8 Å². The fourth-order valence-corrected chi connectivity index (χ4v) is 5.59. The first-order valence-electron chi connectivity index (χ1n) is 14.7. The molecule has 224 valence electrons.